The maximum absolute atomic E-state index is 12.7. The Labute approximate surface area is 166 Å². The predicted molar refractivity (Wildman–Crippen MR) is 107 cm³/mol. The number of H-pyrrole nitrogens is 1. The molecule has 3 aromatic rings. The number of nitrogens with one attached hydrogen (secondary N) is 1. The SMILES string of the molecule is O=C(C(=O)N1CCN(C(=O)c2ccccc2)CC1)c1c[nH]c2c(Cl)cccc12. The van der Waals surface area contributed by atoms with E-state index in [1.54, 1.807) is 35.2 Å². The van der Waals surface area contributed by atoms with E-state index in [0.717, 1.165) is 0 Å². The van der Waals surface area contributed by atoms with Crippen molar-refractivity contribution in [2.75, 3.05) is 26.2 Å². The van der Waals surface area contributed by atoms with Crippen LogP contribution >= 0.6 is 11.6 Å². The number of carbonyl (C=O) groups is 3. The molecule has 6 nitrogen and oxygen atoms in total. The number of nitrogens with zero attached hydrogens (tertiary/aromatic N) is 2. The Balaban J connectivity index is 1.44. The number of rotatable bonds is 3. The molecule has 1 aromatic heterocycles. The monoisotopic (exact) mass is 395 g/mol. The van der Waals surface area contributed by atoms with Gasteiger partial charge in [-0.3, -0.25) is 14.4 Å². The lowest BCUT2D eigenvalue weighted by atomic mass is 10.1. The third kappa shape index (κ3) is 3.27. The Morgan fingerprint density at radius 3 is 2.25 bits per heavy atom. The summed E-state index contributed by atoms with van der Waals surface area (Å²) in [6.45, 7) is 1.44. The number of para-hydroxylation sites is 1. The summed E-state index contributed by atoms with van der Waals surface area (Å²) in [5.74, 6) is -1.20. The van der Waals surface area contributed by atoms with Crippen molar-refractivity contribution in [2.24, 2.45) is 0 Å². The molecule has 0 bridgehead atoms. The fraction of sp³-hybridized carbons (Fsp3) is 0.190. The molecule has 1 fully saturated rings. The van der Waals surface area contributed by atoms with E-state index in [9.17, 15) is 14.4 Å². The molecule has 0 saturated carbocycles. The molecule has 1 aliphatic heterocycles. The van der Waals surface area contributed by atoms with Crippen LogP contribution in [-0.2, 0) is 4.79 Å². The lowest BCUT2D eigenvalue weighted by Gasteiger charge is -2.34. The summed E-state index contributed by atoms with van der Waals surface area (Å²) in [5, 5.41) is 1.13. The summed E-state index contributed by atoms with van der Waals surface area (Å²) in [5.41, 5.74) is 1.57. The van der Waals surface area contributed by atoms with E-state index in [4.69, 9.17) is 11.6 Å². The Hall–Kier alpha value is -3.12. The molecule has 0 aliphatic carbocycles. The molecule has 0 spiro atoms. The van der Waals surface area contributed by atoms with Gasteiger partial charge >= 0.3 is 0 Å². The van der Waals surface area contributed by atoms with Gasteiger partial charge in [-0.2, -0.15) is 0 Å². The molecule has 4 rings (SSSR count). The Morgan fingerprint density at radius 1 is 0.857 bits per heavy atom. The van der Waals surface area contributed by atoms with E-state index in [-0.39, 0.29) is 5.91 Å². The van der Waals surface area contributed by atoms with E-state index in [1.165, 1.54) is 11.1 Å². The van der Waals surface area contributed by atoms with Gasteiger partial charge in [-0.1, -0.05) is 41.9 Å². The van der Waals surface area contributed by atoms with Gasteiger partial charge in [0.15, 0.2) is 0 Å². The van der Waals surface area contributed by atoms with Crippen LogP contribution in [0, 0.1) is 0 Å². The van der Waals surface area contributed by atoms with Gasteiger partial charge in [0.1, 0.15) is 0 Å². The average Bonchev–Trinajstić information content (AvgIpc) is 3.18. The molecule has 2 heterocycles. The van der Waals surface area contributed by atoms with Gasteiger partial charge in [-0.15, -0.1) is 0 Å². The topological polar surface area (TPSA) is 73.5 Å². The van der Waals surface area contributed by atoms with Crippen molar-refractivity contribution < 1.29 is 14.4 Å². The third-order valence-corrected chi connectivity index (χ3v) is 5.29. The second-order valence-corrected chi connectivity index (χ2v) is 7.05. The number of piperazine rings is 1. The minimum absolute atomic E-state index is 0.0645. The largest absolute Gasteiger partial charge is 0.359 e. The van der Waals surface area contributed by atoms with Gasteiger partial charge in [-0.25, -0.2) is 0 Å². The lowest BCUT2D eigenvalue weighted by molar-refractivity contribution is -0.127. The van der Waals surface area contributed by atoms with Gasteiger partial charge in [0.05, 0.1) is 16.1 Å². The van der Waals surface area contributed by atoms with Crippen molar-refractivity contribution in [1.82, 2.24) is 14.8 Å². The molecule has 1 saturated heterocycles. The summed E-state index contributed by atoms with van der Waals surface area (Å²) < 4.78 is 0. The number of Topliss-reactive ketones (excluding diaryl/α,β-unsaturated/α-hetero) is 1. The highest BCUT2D eigenvalue weighted by Gasteiger charge is 2.30. The van der Waals surface area contributed by atoms with Gasteiger partial charge in [0.2, 0.25) is 0 Å². The van der Waals surface area contributed by atoms with Gasteiger partial charge < -0.3 is 14.8 Å². The normalized spacial score (nSPS) is 14.3. The van der Waals surface area contributed by atoms with Gasteiger partial charge in [0, 0.05) is 43.3 Å². The molecule has 0 unspecified atom stereocenters. The van der Waals surface area contributed by atoms with Crippen molar-refractivity contribution in [3.05, 3.63) is 70.9 Å². The van der Waals surface area contributed by atoms with E-state index in [1.807, 2.05) is 18.2 Å². The van der Waals surface area contributed by atoms with Crippen LogP contribution in [0.5, 0.6) is 0 Å². The number of hydrogen-bond acceptors (Lipinski definition) is 3. The average molecular weight is 396 g/mol. The Morgan fingerprint density at radius 2 is 1.54 bits per heavy atom. The Kier molecular flexibility index (Phi) is 4.88. The second-order valence-electron chi connectivity index (χ2n) is 6.64. The van der Waals surface area contributed by atoms with Gasteiger partial charge in [0.25, 0.3) is 17.6 Å². The van der Waals surface area contributed by atoms with Gasteiger partial charge in [-0.05, 0) is 18.2 Å². The maximum atomic E-state index is 12.7. The summed E-state index contributed by atoms with van der Waals surface area (Å²) in [6.07, 6.45) is 1.52. The molecular weight excluding hydrogens is 378 g/mol. The summed E-state index contributed by atoms with van der Waals surface area (Å²) in [4.78, 5) is 44.1. The number of halogens is 1. The number of hydrogen-bond donors (Lipinski definition) is 1. The molecule has 2 aromatic carbocycles. The van der Waals surface area contributed by atoms with E-state index >= 15 is 0 Å². The molecule has 7 heteroatoms. The van der Waals surface area contributed by atoms with E-state index < -0.39 is 11.7 Å². The van der Waals surface area contributed by atoms with E-state index in [0.29, 0.717) is 53.2 Å². The molecule has 28 heavy (non-hydrogen) atoms. The van der Waals surface area contributed by atoms with E-state index in [2.05, 4.69) is 4.98 Å². The minimum Gasteiger partial charge on any atom is -0.359 e. The van der Waals surface area contributed by atoms with Crippen LogP contribution in [0.4, 0.5) is 0 Å². The highest BCUT2D eigenvalue weighted by atomic mass is 35.5. The van der Waals surface area contributed by atoms with Crippen LogP contribution in [0.3, 0.4) is 0 Å². The van der Waals surface area contributed by atoms with Crippen LogP contribution in [0.15, 0.2) is 54.7 Å². The molecule has 142 valence electrons. The van der Waals surface area contributed by atoms with Crippen LogP contribution < -0.4 is 0 Å². The predicted octanol–water partition coefficient (Wildman–Crippen LogP) is 2.99. The first-order chi connectivity index (χ1) is 13.6. The molecule has 0 atom stereocenters. The fourth-order valence-corrected chi connectivity index (χ4v) is 3.67. The first-order valence-electron chi connectivity index (χ1n) is 9.00. The molecule has 1 N–H and O–H groups in total. The minimum atomic E-state index is -0.573. The number of fused-ring (bicyclic) bond motifs is 1. The number of aromatic nitrogens is 1. The van der Waals surface area contributed by atoms with Crippen LogP contribution in [-0.4, -0.2) is 58.6 Å². The van der Waals surface area contributed by atoms with Crippen molar-refractivity contribution >= 4 is 40.1 Å². The fourth-order valence-electron chi connectivity index (χ4n) is 3.44. The number of amides is 2. The zero-order valence-electron chi connectivity index (χ0n) is 15.0. The number of benzene rings is 2. The standard InChI is InChI=1S/C21H18ClN3O3/c22-17-8-4-7-15-16(13-23-18(15)17)19(26)21(28)25-11-9-24(10-12-25)20(27)14-5-2-1-3-6-14/h1-8,13,23H,9-12H2. The van der Waals surface area contributed by atoms with Crippen molar-refractivity contribution in [3.8, 4) is 0 Å². The lowest BCUT2D eigenvalue weighted by Crippen LogP contribution is -2.52. The number of carbonyl (C=O) groups excluding carboxylic acids is 3. The van der Waals surface area contributed by atoms with Crippen molar-refractivity contribution in [3.63, 3.8) is 0 Å². The highest BCUT2D eigenvalue weighted by molar-refractivity contribution is 6.45. The third-order valence-electron chi connectivity index (χ3n) is 4.98. The van der Waals surface area contributed by atoms with Crippen molar-refractivity contribution in [1.29, 1.82) is 0 Å². The second kappa shape index (κ2) is 7.48. The van der Waals surface area contributed by atoms with Crippen molar-refractivity contribution in [2.45, 2.75) is 0 Å². The first-order valence-corrected chi connectivity index (χ1v) is 9.37. The molecular formula is C21H18ClN3O3. The first kappa shape index (κ1) is 18.3. The quantitative estimate of drug-likeness (QED) is 0.547. The number of aromatic amines is 1. The smallest absolute Gasteiger partial charge is 0.295 e. The summed E-state index contributed by atoms with van der Waals surface area (Å²) in [7, 11) is 0. The maximum Gasteiger partial charge on any atom is 0.295 e. The molecule has 1 aliphatic rings. The Bertz CT molecular complexity index is 1050. The van der Waals surface area contributed by atoms with Crippen LogP contribution in [0.1, 0.15) is 20.7 Å². The number of ketones is 1. The zero-order valence-corrected chi connectivity index (χ0v) is 15.8. The molecule has 0 radical (unpaired) electrons. The summed E-state index contributed by atoms with van der Waals surface area (Å²) in [6, 6.07) is 14.3. The van der Waals surface area contributed by atoms with Crippen LogP contribution in [0.25, 0.3) is 10.9 Å². The highest BCUT2D eigenvalue weighted by Crippen LogP contribution is 2.26. The molecule has 2 amide bonds. The zero-order chi connectivity index (χ0) is 19.7. The van der Waals surface area contributed by atoms with Crippen LogP contribution in [0.2, 0.25) is 5.02 Å². The summed E-state index contributed by atoms with van der Waals surface area (Å²) >= 11 is 6.12.